The summed E-state index contributed by atoms with van der Waals surface area (Å²) in [4.78, 5) is 1.52. The van der Waals surface area contributed by atoms with Gasteiger partial charge in [0.15, 0.2) is 0 Å². The molecule has 1 aliphatic rings. The molecule has 0 spiro atoms. The quantitative estimate of drug-likeness (QED) is 0.0798. The van der Waals surface area contributed by atoms with Crippen molar-refractivity contribution in [1.29, 1.82) is 0 Å². The summed E-state index contributed by atoms with van der Waals surface area (Å²) in [6.45, 7) is 4.58. The van der Waals surface area contributed by atoms with Crippen LogP contribution in [0.25, 0.3) is 20.2 Å². The average Bonchev–Trinajstić information content (AvgIpc) is 3.75. The summed E-state index contributed by atoms with van der Waals surface area (Å²) in [5.41, 5.74) is 7.42. The molecule has 0 amide bonds. The zero-order chi connectivity index (χ0) is 32.7. The fourth-order valence-electron chi connectivity index (χ4n) is 7.81. The third kappa shape index (κ3) is 7.36. The zero-order valence-corrected chi connectivity index (χ0v) is 30.8. The first-order valence-corrected chi connectivity index (χ1v) is 20.7. The van der Waals surface area contributed by atoms with Crippen LogP contribution in [0.4, 0.5) is 0 Å². The van der Waals surface area contributed by atoms with Crippen molar-refractivity contribution in [2.45, 2.75) is 117 Å². The van der Waals surface area contributed by atoms with Crippen molar-refractivity contribution in [3.8, 4) is 0 Å². The fraction of sp³-hybridized carbons (Fsp3) is 0.391. The van der Waals surface area contributed by atoms with Gasteiger partial charge in [-0.15, -0.1) is 22.7 Å². The van der Waals surface area contributed by atoms with E-state index in [1.807, 2.05) is 22.7 Å². The molecule has 48 heavy (non-hydrogen) atoms. The molecule has 0 fully saturated rings. The van der Waals surface area contributed by atoms with Crippen molar-refractivity contribution in [1.82, 2.24) is 0 Å². The molecular weight excluding hydrogens is 617 g/mol. The van der Waals surface area contributed by atoms with Gasteiger partial charge in [0.05, 0.1) is 0 Å². The summed E-state index contributed by atoms with van der Waals surface area (Å²) in [6.07, 6.45) is 20.4. The average molecular weight is 669 g/mol. The topological polar surface area (TPSA) is 0 Å². The number of aryl methyl sites for hydroxylation is 6. The summed E-state index contributed by atoms with van der Waals surface area (Å²) in [5.74, 6) is 0. The van der Waals surface area contributed by atoms with Gasteiger partial charge in [-0.1, -0.05) is 132 Å². The maximum absolute atomic E-state index is 2.51. The standard InChI is InChI=1S/C46H52S2/c1-3-5-7-9-11-14-33-18-22-35(23-19-33)26-28-37-16-13-17-39-42(37)43-40-30-31-47-45(40)41-32-38(48-46(41)44(39)43)29-27-36-24-20-34(21-25-36)15-12-10-8-6-4-2/h13,16-25,30-32H,3-12,14-15,26-29H2,1-2H3. The van der Waals surface area contributed by atoms with Gasteiger partial charge in [-0.2, -0.15) is 0 Å². The Bertz CT molecular complexity index is 2150. The van der Waals surface area contributed by atoms with E-state index in [-0.39, 0.29) is 0 Å². The van der Waals surface area contributed by atoms with Crippen LogP contribution in [0.3, 0.4) is 0 Å². The summed E-state index contributed by atoms with van der Waals surface area (Å²) in [5, 5.41) is 11.2. The van der Waals surface area contributed by atoms with Crippen molar-refractivity contribution >= 4 is 42.8 Å². The Morgan fingerprint density at radius 1 is 0.458 bits per heavy atom. The Morgan fingerprint density at radius 3 is 1.67 bits per heavy atom. The Kier molecular flexibility index (Phi) is 11.1. The van der Waals surface area contributed by atoms with E-state index in [1.54, 1.807) is 0 Å². The lowest BCUT2D eigenvalue weighted by atomic mass is 9.91. The molecule has 4 aromatic carbocycles. The van der Waals surface area contributed by atoms with Gasteiger partial charge in [0.25, 0.3) is 0 Å². The third-order valence-electron chi connectivity index (χ3n) is 10.6. The first-order valence-electron chi connectivity index (χ1n) is 19.0. The maximum atomic E-state index is 2.51. The molecule has 0 saturated heterocycles. The Hall–Kier alpha value is -3.20. The Labute approximate surface area is 295 Å². The van der Waals surface area contributed by atoms with Crippen molar-refractivity contribution in [2.75, 3.05) is 0 Å². The first-order chi connectivity index (χ1) is 23.7. The van der Waals surface area contributed by atoms with E-state index in [0.717, 1.165) is 25.7 Å². The lowest BCUT2D eigenvalue weighted by Gasteiger charge is -2.13. The number of fused-ring (bicyclic) bond motifs is 7. The Balaban J connectivity index is 1.06. The number of rotatable bonds is 18. The van der Waals surface area contributed by atoms with Crippen molar-refractivity contribution in [3.05, 3.63) is 138 Å². The molecule has 1 aliphatic carbocycles. The summed E-state index contributed by atoms with van der Waals surface area (Å²) in [6, 6.07) is 30.9. The molecule has 2 aromatic heterocycles. The molecular formula is C46H52S2. The minimum absolute atomic E-state index is 1.09. The smallest absolute Gasteiger partial charge is 0.0445 e. The lowest BCUT2D eigenvalue weighted by Crippen LogP contribution is -2.00. The monoisotopic (exact) mass is 668 g/mol. The van der Waals surface area contributed by atoms with Crippen molar-refractivity contribution in [3.63, 3.8) is 0 Å². The van der Waals surface area contributed by atoms with Crippen LogP contribution in [-0.4, -0.2) is 0 Å². The molecule has 0 nitrogen and oxygen atoms in total. The van der Waals surface area contributed by atoms with Gasteiger partial charge in [-0.3, -0.25) is 0 Å². The van der Waals surface area contributed by atoms with E-state index >= 15 is 0 Å². The number of unbranched alkanes of at least 4 members (excludes halogenated alkanes) is 8. The molecule has 248 valence electrons. The highest BCUT2D eigenvalue weighted by atomic mass is 32.1. The van der Waals surface area contributed by atoms with Gasteiger partial charge >= 0.3 is 0 Å². The molecule has 0 saturated carbocycles. The second kappa shape index (κ2) is 16.0. The number of hydrogen-bond donors (Lipinski definition) is 0. The van der Waals surface area contributed by atoms with Gasteiger partial charge in [-0.05, 0) is 107 Å². The van der Waals surface area contributed by atoms with Gasteiger partial charge in [-0.25, -0.2) is 0 Å². The SMILES string of the molecule is CCCCCCCc1ccc(CCc2cc3c(s2)c2c(c4ccsc43)=c3c(CCc4ccc(CCCCCCC)cc4)cccc3=2)cc1. The minimum Gasteiger partial charge on any atom is -0.143 e. The molecule has 0 bridgehead atoms. The van der Waals surface area contributed by atoms with E-state index < -0.39 is 0 Å². The van der Waals surface area contributed by atoms with Crippen LogP contribution in [0.5, 0.6) is 0 Å². The molecule has 6 aromatic rings. The molecule has 0 aliphatic heterocycles. The van der Waals surface area contributed by atoms with Crippen molar-refractivity contribution < 1.29 is 0 Å². The van der Waals surface area contributed by atoms with E-state index in [1.165, 1.54) is 151 Å². The summed E-state index contributed by atoms with van der Waals surface area (Å²) < 4.78 is 2.98. The molecule has 0 N–H and O–H groups in total. The van der Waals surface area contributed by atoms with Crippen LogP contribution in [0, 0.1) is 20.9 Å². The van der Waals surface area contributed by atoms with Gasteiger partial charge < -0.3 is 0 Å². The van der Waals surface area contributed by atoms with E-state index in [4.69, 9.17) is 0 Å². The number of thiophene rings is 2. The van der Waals surface area contributed by atoms with Gasteiger partial charge in [0.1, 0.15) is 0 Å². The summed E-state index contributed by atoms with van der Waals surface area (Å²) >= 11 is 3.97. The van der Waals surface area contributed by atoms with E-state index in [9.17, 15) is 0 Å². The molecule has 7 rings (SSSR count). The summed E-state index contributed by atoms with van der Waals surface area (Å²) in [7, 11) is 0. The third-order valence-corrected chi connectivity index (χ3v) is 12.8. The largest absolute Gasteiger partial charge is 0.143 e. The van der Waals surface area contributed by atoms with Crippen LogP contribution in [-0.2, 0) is 38.5 Å². The molecule has 2 heterocycles. The highest BCUT2D eigenvalue weighted by molar-refractivity contribution is 7.22. The maximum Gasteiger partial charge on any atom is 0.0445 e. The Morgan fingerprint density at radius 2 is 1.04 bits per heavy atom. The van der Waals surface area contributed by atoms with Crippen LogP contribution < -0.4 is 0 Å². The van der Waals surface area contributed by atoms with E-state index in [0.29, 0.717) is 0 Å². The molecule has 0 radical (unpaired) electrons. The predicted molar refractivity (Wildman–Crippen MR) is 212 cm³/mol. The van der Waals surface area contributed by atoms with Crippen LogP contribution in [0.2, 0.25) is 0 Å². The second-order valence-corrected chi connectivity index (χ2v) is 16.2. The normalized spacial score (nSPS) is 12.0. The number of hydrogen-bond acceptors (Lipinski definition) is 2. The lowest BCUT2D eigenvalue weighted by molar-refractivity contribution is 0.632. The number of benzene rings is 4. The van der Waals surface area contributed by atoms with Gasteiger partial charge in [0.2, 0.25) is 0 Å². The fourth-order valence-corrected chi connectivity index (χ4v) is 10.0. The van der Waals surface area contributed by atoms with E-state index in [2.05, 4.69) is 98.1 Å². The first kappa shape index (κ1) is 33.3. The van der Waals surface area contributed by atoms with Crippen molar-refractivity contribution in [2.24, 2.45) is 0 Å². The molecule has 0 atom stereocenters. The van der Waals surface area contributed by atoms with Crippen LogP contribution in [0.1, 0.15) is 111 Å². The van der Waals surface area contributed by atoms with Crippen LogP contribution >= 0.6 is 22.7 Å². The zero-order valence-electron chi connectivity index (χ0n) is 29.2. The molecule has 0 unspecified atom stereocenters. The molecule has 2 heteroatoms. The van der Waals surface area contributed by atoms with Gasteiger partial charge in [0, 0.05) is 35.5 Å². The minimum atomic E-state index is 1.09. The predicted octanol–water partition coefficient (Wildman–Crippen LogP) is 13.6. The highest BCUT2D eigenvalue weighted by Gasteiger charge is 2.18. The van der Waals surface area contributed by atoms with Crippen LogP contribution in [0.15, 0.2) is 84.2 Å². The second-order valence-electron chi connectivity index (χ2n) is 14.2. The highest BCUT2D eigenvalue weighted by Crippen LogP contribution is 2.40.